The van der Waals surface area contributed by atoms with E-state index in [2.05, 4.69) is 35.4 Å². The summed E-state index contributed by atoms with van der Waals surface area (Å²) in [4.78, 5) is 32.9. The van der Waals surface area contributed by atoms with Gasteiger partial charge in [0.25, 0.3) is 5.91 Å². The predicted molar refractivity (Wildman–Crippen MR) is 153 cm³/mol. The fraction of sp³-hybridized carbons (Fsp3) is 0.259. The van der Waals surface area contributed by atoms with Gasteiger partial charge >= 0.3 is 0 Å². The monoisotopic (exact) mass is 553 g/mol. The number of hydrogen-bond acceptors (Lipinski definition) is 8. The molecule has 0 spiro atoms. The van der Waals surface area contributed by atoms with E-state index in [-0.39, 0.29) is 18.2 Å². The SMILES string of the molecule is COc1ccc(/C=C2/SC(=S)N(CCCC(=O)Nc3ncc(Cc4cccc(C)c4)s3)C2=O)cc1OC. The third kappa shape index (κ3) is 6.97. The van der Waals surface area contributed by atoms with Gasteiger partial charge in [0.1, 0.15) is 4.32 Å². The summed E-state index contributed by atoms with van der Waals surface area (Å²) in [6, 6.07) is 13.8. The number of carbonyl (C=O) groups excluding carboxylic acids is 2. The molecule has 4 rings (SSSR count). The number of thioether (sulfide) groups is 1. The van der Waals surface area contributed by atoms with Gasteiger partial charge < -0.3 is 14.8 Å². The van der Waals surface area contributed by atoms with Crippen LogP contribution in [0, 0.1) is 6.92 Å². The normalized spacial score (nSPS) is 14.4. The van der Waals surface area contributed by atoms with Crippen LogP contribution in [0.25, 0.3) is 6.08 Å². The molecule has 1 aliphatic heterocycles. The Bertz CT molecular complexity index is 1350. The van der Waals surface area contributed by atoms with Crippen LogP contribution >= 0.6 is 35.3 Å². The second-order valence-corrected chi connectivity index (χ2v) is 11.2. The Morgan fingerprint density at radius 1 is 1.16 bits per heavy atom. The van der Waals surface area contributed by atoms with Gasteiger partial charge in [0.15, 0.2) is 16.6 Å². The van der Waals surface area contributed by atoms with E-state index in [1.807, 2.05) is 12.1 Å². The Kier molecular flexibility index (Phi) is 8.96. The Morgan fingerprint density at radius 3 is 2.73 bits per heavy atom. The first-order valence-electron chi connectivity index (χ1n) is 11.6. The minimum absolute atomic E-state index is 0.136. The van der Waals surface area contributed by atoms with Crippen molar-refractivity contribution in [2.24, 2.45) is 0 Å². The summed E-state index contributed by atoms with van der Waals surface area (Å²) in [5, 5.41) is 3.44. The van der Waals surface area contributed by atoms with Gasteiger partial charge in [-0.25, -0.2) is 4.98 Å². The number of amides is 2. The third-order valence-electron chi connectivity index (χ3n) is 5.63. The summed E-state index contributed by atoms with van der Waals surface area (Å²) in [5.41, 5.74) is 3.24. The molecule has 0 unspecified atom stereocenters. The molecule has 0 atom stereocenters. The van der Waals surface area contributed by atoms with E-state index >= 15 is 0 Å². The highest BCUT2D eigenvalue weighted by Crippen LogP contribution is 2.35. The van der Waals surface area contributed by atoms with E-state index in [1.54, 1.807) is 43.5 Å². The average molecular weight is 554 g/mol. The molecule has 1 fully saturated rings. The van der Waals surface area contributed by atoms with Crippen LogP contribution in [-0.2, 0) is 16.0 Å². The molecule has 192 valence electrons. The third-order valence-corrected chi connectivity index (χ3v) is 7.92. The molecule has 2 aromatic carbocycles. The number of aryl methyl sites for hydroxylation is 1. The molecule has 1 N–H and O–H groups in total. The van der Waals surface area contributed by atoms with Gasteiger partial charge in [-0.3, -0.25) is 14.5 Å². The number of carbonyl (C=O) groups is 2. The second-order valence-electron chi connectivity index (χ2n) is 8.40. The zero-order valence-electron chi connectivity index (χ0n) is 20.8. The van der Waals surface area contributed by atoms with Gasteiger partial charge in [0.2, 0.25) is 5.91 Å². The van der Waals surface area contributed by atoms with Crippen molar-refractivity contribution in [3.63, 3.8) is 0 Å². The first-order valence-corrected chi connectivity index (χ1v) is 13.7. The zero-order valence-corrected chi connectivity index (χ0v) is 23.2. The molecular formula is C27H27N3O4S3. The van der Waals surface area contributed by atoms with Gasteiger partial charge in [0.05, 0.1) is 19.1 Å². The van der Waals surface area contributed by atoms with Gasteiger partial charge in [-0.2, -0.15) is 0 Å². The highest BCUT2D eigenvalue weighted by molar-refractivity contribution is 8.26. The molecule has 7 nitrogen and oxygen atoms in total. The van der Waals surface area contributed by atoms with Crippen molar-refractivity contribution >= 4 is 62.7 Å². The Labute approximate surface area is 229 Å². The molecule has 1 aromatic heterocycles. The zero-order chi connectivity index (χ0) is 26.4. The Hall–Kier alpha value is -3.21. The number of hydrogen-bond donors (Lipinski definition) is 1. The lowest BCUT2D eigenvalue weighted by atomic mass is 10.1. The minimum Gasteiger partial charge on any atom is -0.493 e. The lowest BCUT2D eigenvalue weighted by molar-refractivity contribution is -0.122. The molecular weight excluding hydrogens is 527 g/mol. The highest BCUT2D eigenvalue weighted by Gasteiger charge is 2.31. The maximum Gasteiger partial charge on any atom is 0.266 e. The van der Waals surface area contributed by atoms with Crippen molar-refractivity contribution in [3.8, 4) is 11.5 Å². The molecule has 2 amide bonds. The van der Waals surface area contributed by atoms with Crippen molar-refractivity contribution < 1.29 is 19.1 Å². The lowest BCUT2D eigenvalue weighted by Crippen LogP contribution is -2.29. The number of nitrogens with zero attached hydrogens (tertiary/aromatic N) is 2. The van der Waals surface area contributed by atoms with Crippen LogP contribution < -0.4 is 14.8 Å². The number of anilines is 1. The van der Waals surface area contributed by atoms with Crippen LogP contribution in [0.4, 0.5) is 5.13 Å². The summed E-state index contributed by atoms with van der Waals surface area (Å²) in [7, 11) is 3.14. The smallest absolute Gasteiger partial charge is 0.266 e. The maximum atomic E-state index is 12.9. The van der Waals surface area contributed by atoms with Crippen LogP contribution in [-0.4, -0.2) is 46.8 Å². The van der Waals surface area contributed by atoms with Crippen molar-refractivity contribution in [1.29, 1.82) is 0 Å². The van der Waals surface area contributed by atoms with E-state index in [9.17, 15) is 9.59 Å². The van der Waals surface area contributed by atoms with Crippen molar-refractivity contribution in [2.45, 2.75) is 26.2 Å². The number of benzene rings is 2. The topological polar surface area (TPSA) is 80.8 Å². The molecule has 0 bridgehead atoms. The Morgan fingerprint density at radius 2 is 1.97 bits per heavy atom. The molecule has 1 saturated heterocycles. The van der Waals surface area contributed by atoms with E-state index in [1.165, 1.54) is 34.2 Å². The number of ether oxygens (including phenoxy) is 2. The maximum absolute atomic E-state index is 12.9. The van der Waals surface area contributed by atoms with E-state index < -0.39 is 0 Å². The van der Waals surface area contributed by atoms with Gasteiger partial charge in [-0.1, -0.05) is 59.9 Å². The van der Waals surface area contributed by atoms with Crippen molar-refractivity contribution in [1.82, 2.24) is 9.88 Å². The van der Waals surface area contributed by atoms with Crippen LogP contribution in [0.2, 0.25) is 0 Å². The van der Waals surface area contributed by atoms with Crippen molar-refractivity contribution in [2.75, 3.05) is 26.1 Å². The molecule has 0 saturated carbocycles. The lowest BCUT2D eigenvalue weighted by Gasteiger charge is -2.13. The van der Waals surface area contributed by atoms with Crippen LogP contribution in [0.3, 0.4) is 0 Å². The molecule has 2 heterocycles. The number of thiocarbonyl (C=S) groups is 1. The molecule has 1 aliphatic rings. The summed E-state index contributed by atoms with van der Waals surface area (Å²) >= 11 is 8.15. The summed E-state index contributed by atoms with van der Waals surface area (Å²) < 4.78 is 11.1. The van der Waals surface area contributed by atoms with Gasteiger partial charge in [0, 0.05) is 30.5 Å². The minimum atomic E-state index is -0.161. The first-order chi connectivity index (χ1) is 17.9. The fourth-order valence-electron chi connectivity index (χ4n) is 3.84. The quantitative estimate of drug-likeness (QED) is 0.256. The van der Waals surface area contributed by atoms with Crippen LogP contribution in [0.15, 0.2) is 53.6 Å². The Balaban J connectivity index is 1.27. The standard InChI is InChI=1S/C27H27N3O4S3/c1-17-6-4-7-18(12-17)13-20-16-28-26(36-20)29-24(31)8-5-11-30-25(32)23(37-27(30)35)15-19-9-10-21(33-2)22(14-19)34-3/h4,6-7,9-10,12,14-16H,5,8,11,13H2,1-3H3,(H,28,29,31)/b23-15+. The average Bonchev–Trinajstić information content (AvgIpc) is 3.42. The van der Waals surface area contributed by atoms with E-state index in [4.69, 9.17) is 21.7 Å². The molecule has 37 heavy (non-hydrogen) atoms. The van der Waals surface area contributed by atoms with Gasteiger partial charge in [-0.15, -0.1) is 11.3 Å². The second kappa shape index (κ2) is 12.4. The summed E-state index contributed by atoms with van der Waals surface area (Å²) in [6.07, 6.45) is 5.11. The predicted octanol–water partition coefficient (Wildman–Crippen LogP) is 5.68. The van der Waals surface area contributed by atoms with Gasteiger partial charge in [-0.05, 0) is 42.7 Å². The first kappa shape index (κ1) is 26.8. The molecule has 0 aliphatic carbocycles. The summed E-state index contributed by atoms with van der Waals surface area (Å²) in [6.45, 7) is 2.44. The van der Waals surface area contributed by atoms with E-state index in [0.717, 1.165) is 16.9 Å². The van der Waals surface area contributed by atoms with Crippen LogP contribution in [0.5, 0.6) is 11.5 Å². The number of thiazole rings is 1. The highest BCUT2D eigenvalue weighted by atomic mass is 32.2. The number of rotatable bonds is 10. The molecule has 10 heteroatoms. The van der Waals surface area contributed by atoms with Crippen molar-refractivity contribution in [3.05, 3.63) is 75.1 Å². The molecule has 3 aromatic rings. The largest absolute Gasteiger partial charge is 0.493 e. The van der Waals surface area contributed by atoms with E-state index in [0.29, 0.717) is 38.8 Å². The molecule has 0 radical (unpaired) electrons. The number of methoxy groups -OCH3 is 2. The number of aromatic nitrogens is 1. The summed E-state index contributed by atoms with van der Waals surface area (Å²) in [5.74, 6) is 0.902. The van der Waals surface area contributed by atoms with Crippen LogP contribution in [0.1, 0.15) is 34.4 Å². The number of nitrogens with one attached hydrogen (secondary N) is 1. The fourth-order valence-corrected chi connectivity index (χ4v) is 6.01.